The maximum atomic E-state index is 6.34. The molecule has 0 unspecified atom stereocenters. The molecule has 0 radical (unpaired) electrons. The monoisotopic (exact) mass is 501 g/mol. The average molecular weight is 502 g/mol. The molecule has 1 N–H and O–H groups in total. The Hall–Kier alpha value is -5.28. The standard InChI is InChI=1S/C36H23NO2/c1-3-9-23(10-4-1)24-17-19-31-29(21-24)35-27(13-7-15-33(35)38-31)28-14-8-16-34-36(28)30-22-26(18-20-32(30)39-34)37-25-11-5-2-6-12-25/h1-22,37H. The summed E-state index contributed by atoms with van der Waals surface area (Å²) in [5.41, 5.74) is 10.2. The first kappa shape index (κ1) is 21.8. The molecule has 0 aliphatic rings. The molecule has 2 heterocycles. The van der Waals surface area contributed by atoms with Crippen LogP contribution < -0.4 is 5.32 Å². The van der Waals surface area contributed by atoms with E-state index < -0.39 is 0 Å². The smallest absolute Gasteiger partial charge is 0.136 e. The van der Waals surface area contributed by atoms with Gasteiger partial charge < -0.3 is 14.2 Å². The summed E-state index contributed by atoms with van der Waals surface area (Å²) >= 11 is 0. The van der Waals surface area contributed by atoms with Crippen molar-refractivity contribution in [2.24, 2.45) is 0 Å². The Bertz CT molecular complexity index is 2140. The SMILES string of the molecule is c1ccc(Nc2ccc3oc4cccc(-c5cccc6oc7ccc(-c8ccccc8)cc7c56)c4c3c2)cc1. The quantitative estimate of drug-likeness (QED) is 0.261. The molecule has 184 valence electrons. The molecule has 3 nitrogen and oxygen atoms in total. The summed E-state index contributed by atoms with van der Waals surface area (Å²) in [4.78, 5) is 0. The van der Waals surface area contributed by atoms with E-state index in [0.29, 0.717) is 0 Å². The summed E-state index contributed by atoms with van der Waals surface area (Å²) in [5.74, 6) is 0. The first-order valence-corrected chi connectivity index (χ1v) is 13.1. The molecular formula is C36H23NO2. The van der Waals surface area contributed by atoms with Crippen LogP contribution in [0.3, 0.4) is 0 Å². The number of rotatable bonds is 4. The molecule has 0 saturated carbocycles. The molecule has 0 aliphatic heterocycles. The van der Waals surface area contributed by atoms with Gasteiger partial charge in [0, 0.05) is 32.9 Å². The molecular weight excluding hydrogens is 478 g/mol. The number of nitrogens with one attached hydrogen (secondary N) is 1. The van der Waals surface area contributed by atoms with Crippen LogP contribution in [0.1, 0.15) is 0 Å². The minimum absolute atomic E-state index is 0.867. The van der Waals surface area contributed by atoms with Gasteiger partial charge in [-0.05, 0) is 76.9 Å². The number of benzene rings is 6. The molecule has 0 saturated heterocycles. The Labute approximate surface area is 224 Å². The van der Waals surface area contributed by atoms with E-state index >= 15 is 0 Å². The first-order chi connectivity index (χ1) is 19.3. The third kappa shape index (κ3) is 3.59. The lowest BCUT2D eigenvalue weighted by molar-refractivity contribution is 0.668. The van der Waals surface area contributed by atoms with Crippen molar-refractivity contribution in [1.29, 1.82) is 0 Å². The van der Waals surface area contributed by atoms with E-state index in [0.717, 1.165) is 66.4 Å². The number of hydrogen-bond donors (Lipinski definition) is 1. The van der Waals surface area contributed by atoms with Gasteiger partial charge in [-0.1, -0.05) is 78.9 Å². The molecule has 0 spiro atoms. The van der Waals surface area contributed by atoms with Crippen molar-refractivity contribution in [1.82, 2.24) is 0 Å². The minimum Gasteiger partial charge on any atom is -0.456 e. The van der Waals surface area contributed by atoms with Crippen LogP contribution in [0.4, 0.5) is 11.4 Å². The Morgan fingerprint density at radius 3 is 1.64 bits per heavy atom. The number of furan rings is 2. The van der Waals surface area contributed by atoms with Crippen molar-refractivity contribution in [3.05, 3.63) is 133 Å². The van der Waals surface area contributed by atoms with Crippen LogP contribution in [0.25, 0.3) is 66.1 Å². The highest BCUT2D eigenvalue weighted by Gasteiger charge is 2.18. The molecule has 0 atom stereocenters. The lowest BCUT2D eigenvalue weighted by atomic mass is 9.94. The van der Waals surface area contributed by atoms with Crippen molar-refractivity contribution < 1.29 is 8.83 Å². The molecule has 0 amide bonds. The Balaban J connectivity index is 1.36. The predicted octanol–water partition coefficient (Wildman–Crippen LogP) is 10.6. The fraction of sp³-hybridized carbons (Fsp3) is 0. The second-order valence-corrected chi connectivity index (χ2v) is 9.84. The zero-order valence-electron chi connectivity index (χ0n) is 21.0. The Morgan fingerprint density at radius 1 is 0.385 bits per heavy atom. The zero-order valence-corrected chi connectivity index (χ0v) is 21.0. The fourth-order valence-corrected chi connectivity index (χ4v) is 5.68. The number of fused-ring (bicyclic) bond motifs is 6. The molecule has 6 aromatic carbocycles. The van der Waals surface area contributed by atoms with Gasteiger partial charge in [0.25, 0.3) is 0 Å². The predicted molar refractivity (Wildman–Crippen MR) is 162 cm³/mol. The van der Waals surface area contributed by atoms with E-state index in [1.165, 1.54) is 11.1 Å². The highest BCUT2D eigenvalue weighted by atomic mass is 16.3. The van der Waals surface area contributed by atoms with Gasteiger partial charge in [0.1, 0.15) is 22.3 Å². The van der Waals surface area contributed by atoms with Crippen LogP contribution in [-0.4, -0.2) is 0 Å². The Kier molecular flexibility index (Phi) is 4.82. The number of hydrogen-bond acceptors (Lipinski definition) is 3. The van der Waals surface area contributed by atoms with E-state index in [2.05, 4.69) is 102 Å². The van der Waals surface area contributed by atoms with Gasteiger partial charge in [-0.3, -0.25) is 0 Å². The third-order valence-electron chi connectivity index (χ3n) is 7.45. The van der Waals surface area contributed by atoms with Gasteiger partial charge in [0.05, 0.1) is 0 Å². The van der Waals surface area contributed by atoms with Crippen molar-refractivity contribution in [3.8, 4) is 22.3 Å². The Morgan fingerprint density at radius 2 is 0.974 bits per heavy atom. The van der Waals surface area contributed by atoms with E-state index in [4.69, 9.17) is 8.83 Å². The molecule has 0 bridgehead atoms. The van der Waals surface area contributed by atoms with Crippen molar-refractivity contribution in [2.75, 3.05) is 5.32 Å². The summed E-state index contributed by atoms with van der Waals surface area (Å²) in [6.45, 7) is 0. The van der Waals surface area contributed by atoms with Crippen molar-refractivity contribution in [3.63, 3.8) is 0 Å². The average Bonchev–Trinajstić information content (AvgIpc) is 3.56. The van der Waals surface area contributed by atoms with Gasteiger partial charge in [-0.25, -0.2) is 0 Å². The fourth-order valence-electron chi connectivity index (χ4n) is 5.68. The van der Waals surface area contributed by atoms with E-state index in [1.807, 2.05) is 36.4 Å². The van der Waals surface area contributed by atoms with Crippen LogP contribution in [0.2, 0.25) is 0 Å². The van der Waals surface area contributed by atoms with Gasteiger partial charge in [-0.2, -0.15) is 0 Å². The summed E-state index contributed by atoms with van der Waals surface area (Å²) in [6, 6.07) is 46.1. The topological polar surface area (TPSA) is 38.3 Å². The zero-order chi connectivity index (χ0) is 25.8. The molecule has 0 fully saturated rings. The lowest BCUT2D eigenvalue weighted by Crippen LogP contribution is -1.89. The largest absolute Gasteiger partial charge is 0.456 e. The van der Waals surface area contributed by atoms with Crippen molar-refractivity contribution >= 4 is 55.3 Å². The van der Waals surface area contributed by atoms with Crippen LogP contribution in [0, 0.1) is 0 Å². The van der Waals surface area contributed by atoms with Gasteiger partial charge in [0.2, 0.25) is 0 Å². The van der Waals surface area contributed by atoms with Gasteiger partial charge >= 0.3 is 0 Å². The number of anilines is 2. The molecule has 2 aromatic heterocycles. The second kappa shape index (κ2) is 8.64. The molecule has 8 aromatic rings. The number of para-hydroxylation sites is 1. The minimum atomic E-state index is 0.867. The van der Waals surface area contributed by atoms with Gasteiger partial charge in [0.15, 0.2) is 0 Å². The molecule has 0 aliphatic carbocycles. The van der Waals surface area contributed by atoms with E-state index in [9.17, 15) is 0 Å². The van der Waals surface area contributed by atoms with E-state index in [1.54, 1.807) is 0 Å². The highest BCUT2D eigenvalue weighted by Crippen LogP contribution is 2.43. The van der Waals surface area contributed by atoms with Crippen LogP contribution in [0.5, 0.6) is 0 Å². The second-order valence-electron chi connectivity index (χ2n) is 9.84. The molecule has 3 heteroatoms. The highest BCUT2D eigenvalue weighted by molar-refractivity contribution is 6.20. The van der Waals surface area contributed by atoms with Crippen LogP contribution >= 0.6 is 0 Å². The molecule has 39 heavy (non-hydrogen) atoms. The maximum absolute atomic E-state index is 6.34. The third-order valence-corrected chi connectivity index (χ3v) is 7.45. The lowest BCUT2D eigenvalue weighted by Gasteiger charge is -2.08. The molecule has 8 rings (SSSR count). The summed E-state index contributed by atoms with van der Waals surface area (Å²) < 4.78 is 12.7. The van der Waals surface area contributed by atoms with E-state index in [-0.39, 0.29) is 0 Å². The summed E-state index contributed by atoms with van der Waals surface area (Å²) in [6.07, 6.45) is 0. The first-order valence-electron chi connectivity index (χ1n) is 13.1. The summed E-state index contributed by atoms with van der Waals surface area (Å²) in [7, 11) is 0. The maximum Gasteiger partial charge on any atom is 0.136 e. The van der Waals surface area contributed by atoms with Gasteiger partial charge in [-0.15, -0.1) is 0 Å². The van der Waals surface area contributed by atoms with Crippen LogP contribution in [-0.2, 0) is 0 Å². The van der Waals surface area contributed by atoms with Crippen molar-refractivity contribution in [2.45, 2.75) is 0 Å². The normalized spacial score (nSPS) is 11.6. The summed E-state index contributed by atoms with van der Waals surface area (Å²) in [5, 5.41) is 7.93. The van der Waals surface area contributed by atoms with Crippen LogP contribution in [0.15, 0.2) is 142 Å².